The fourth-order valence-corrected chi connectivity index (χ4v) is 1.52. The largest absolute Gasteiger partial charge is 0.490 e. The third kappa shape index (κ3) is 4.70. The Morgan fingerprint density at radius 3 is 2.50 bits per heavy atom. The molecule has 18 heavy (non-hydrogen) atoms. The molecule has 0 saturated carbocycles. The smallest absolute Gasteiger partial charge is 0.475 e. The molecule has 1 atom stereocenters. The number of nitrogens with one attached hydrogen (secondary N) is 1. The highest BCUT2D eigenvalue weighted by molar-refractivity contribution is 5.73. The van der Waals surface area contributed by atoms with Crippen molar-refractivity contribution in [3.05, 3.63) is 30.1 Å². The van der Waals surface area contributed by atoms with E-state index in [9.17, 15) is 13.2 Å². The quantitative estimate of drug-likeness (QED) is 0.810. The molecular formula is C11H13F3N2O2. The van der Waals surface area contributed by atoms with Gasteiger partial charge in [-0.05, 0) is 25.1 Å². The zero-order valence-electron chi connectivity index (χ0n) is 9.44. The van der Waals surface area contributed by atoms with Gasteiger partial charge in [0.2, 0.25) is 0 Å². The maximum atomic E-state index is 10.6. The Balaban J connectivity index is 0.000000203. The van der Waals surface area contributed by atoms with Gasteiger partial charge < -0.3 is 10.4 Å². The fourth-order valence-electron chi connectivity index (χ4n) is 1.52. The fraction of sp³-hybridized carbons (Fsp3) is 0.455. The molecule has 7 heteroatoms. The summed E-state index contributed by atoms with van der Waals surface area (Å²) < 4.78 is 31.7. The van der Waals surface area contributed by atoms with Crippen molar-refractivity contribution >= 4 is 5.97 Å². The molecule has 0 amide bonds. The number of hydrogen-bond donors (Lipinski definition) is 2. The Morgan fingerprint density at radius 2 is 2.11 bits per heavy atom. The van der Waals surface area contributed by atoms with Crippen LogP contribution in [0.2, 0.25) is 0 Å². The third-order valence-corrected chi connectivity index (χ3v) is 2.41. The molecule has 4 nitrogen and oxygen atoms in total. The van der Waals surface area contributed by atoms with Gasteiger partial charge in [0, 0.05) is 24.4 Å². The summed E-state index contributed by atoms with van der Waals surface area (Å²) in [5.74, 6) is -2.11. The maximum Gasteiger partial charge on any atom is 0.490 e. The summed E-state index contributed by atoms with van der Waals surface area (Å²) in [7, 11) is 0. The lowest BCUT2D eigenvalue weighted by Crippen LogP contribution is -2.21. The van der Waals surface area contributed by atoms with Crippen LogP contribution in [-0.4, -0.2) is 35.3 Å². The van der Waals surface area contributed by atoms with Gasteiger partial charge in [-0.3, -0.25) is 4.98 Å². The molecule has 1 fully saturated rings. The van der Waals surface area contributed by atoms with Crippen molar-refractivity contribution in [2.75, 3.05) is 13.1 Å². The SMILES string of the molecule is O=C(O)C(F)(F)F.c1ccc(C2CCNC2)nc1. The molecule has 2 N–H and O–H groups in total. The van der Waals surface area contributed by atoms with Crippen LogP contribution in [0.4, 0.5) is 13.2 Å². The summed E-state index contributed by atoms with van der Waals surface area (Å²) in [5, 5.41) is 10.5. The van der Waals surface area contributed by atoms with Crippen molar-refractivity contribution < 1.29 is 23.1 Å². The molecule has 1 saturated heterocycles. The molecule has 0 bridgehead atoms. The summed E-state index contributed by atoms with van der Waals surface area (Å²) in [4.78, 5) is 13.2. The molecule has 0 aliphatic carbocycles. The highest BCUT2D eigenvalue weighted by Crippen LogP contribution is 2.19. The maximum absolute atomic E-state index is 10.6. The topological polar surface area (TPSA) is 62.2 Å². The molecule has 2 heterocycles. The first kappa shape index (κ1) is 14.4. The van der Waals surface area contributed by atoms with E-state index in [-0.39, 0.29) is 0 Å². The van der Waals surface area contributed by atoms with Gasteiger partial charge in [-0.25, -0.2) is 4.79 Å². The second-order valence-electron chi connectivity index (χ2n) is 3.75. The molecule has 1 aromatic heterocycles. The average molecular weight is 262 g/mol. The van der Waals surface area contributed by atoms with Crippen LogP contribution in [0, 0.1) is 0 Å². The first-order valence-corrected chi connectivity index (χ1v) is 5.33. The lowest BCUT2D eigenvalue weighted by atomic mass is 10.0. The van der Waals surface area contributed by atoms with Gasteiger partial charge in [-0.1, -0.05) is 6.07 Å². The van der Waals surface area contributed by atoms with E-state index in [1.165, 1.54) is 12.1 Å². The van der Waals surface area contributed by atoms with E-state index in [1.807, 2.05) is 12.3 Å². The second kappa shape index (κ2) is 6.34. The van der Waals surface area contributed by atoms with E-state index >= 15 is 0 Å². The van der Waals surface area contributed by atoms with Crippen molar-refractivity contribution in [3.8, 4) is 0 Å². The van der Waals surface area contributed by atoms with Gasteiger partial charge in [0.25, 0.3) is 0 Å². The van der Waals surface area contributed by atoms with Gasteiger partial charge in [0.15, 0.2) is 0 Å². The minimum atomic E-state index is -5.08. The molecule has 1 aromatic rings. The number of nitrogens with zero attached hydrogens (tertiary/aromatic N) is 1. The minimum absolute atomic E-state index is 0.649. The number of rotatable bonds is 1. The number of hydrogen-bond acceptors (Lipinski definition) is 3. The van der Waals surface area contributed by atoms with Gasteiger partial charge in [-0.15, -0.1) is 0 Å². The number of pyridine rings is 1. The van der Waals surface area contributed by atoms with Crippen molar-refractivity contribution in [3.63, 3.8) is 0 Å². The number of aliphatic carboxylic acids is 1. The van der Waals surface area contributed by atoms with Crippen molar-refractivity contribution in [2.24, 2.45) is 0 Å². The lowest BCUT2D eigenvalue weighted by molar-refractivity contribution is -0.192. The van der Waals surface area contributed by atoms with Crippen molar-refractivity contribution in [2.45, 2.75) is 18.5 Å². The monoisotopic (exact) mass is 262 g/mol. The first-order valence-electron chi connectivity index (χ1n) is 5.33. The number of carboxylic acid groups (broad SMARTS) is 1. The summed E-state index contributed by atoms with van der Waals surface area (Å²) in [6.45, 7) is 2.23. The molecule has 0 radical (unpaired) electrons. The summed E-state index contributed by atoms with van der Waals surface area (Å²) in [6, 6.07) is 6.13. The Hall–Kier alpha value is -1.63. The zero-order chi connectivity index (χ0) is 13.6. The van der Waals surface area contributed by atoms with Crippen LogP contribution >= 0.6 is 0 Å². The lowest BCUT2D eigenvalue weighted by Gasteiger charge is -2.05. The van der Waals surface area contributed by atoms with Crippen LogP contribution in [0.25, 0.3) is 0 Å². The predicted octanol–water partition coefficient (Wildman–Crippen LogP) is 1.79. The standard InChI is InChI=1S/C9H12N2.C2HF3O2/c1-2-5-11-9(3-1)8-4-6-10-7-8;3-2(4,5)1(6)7/h1-3,5,8,10H,4,6-7H2;(H,6,7). The molecule has 0 spiro atoms. The van der Waals surface area contributed by atoms with E-state index in [4.69, 9.17) is 9.90 Å². The molecule has 2 rings (SSSR count). The van der Waals surface area contributed by atoms with E-state index in [1.54, 1.807) is 0 Å². The second-order valence-corrected chi connectivity index (χ2v) is 3.75. The van der Waals surface area contributed by atoms with Crippen LogP contribution < -0.4 is 5.32 Å². The molecular weight excluding hydrogens is 249 g/mol. The summed E-state index contributed by atoms with van der Waals surface area (Å²) >= 11 is 0. The van der Waals surface area contributed by atoms with Gasteiger partial charge in [0.05, 0.1) is 0 Å². The normalized spacial score (nSPS) is 18.9. The van der Waals surface area contributed by atoms with Crippen LogP contribution in [0.15, 0.2) is 24.4 Å². The van der Waals surface area contributed by atoms with Crippen molar-refractivity contribution in [1.82, 2.24) is 10.3 Å². The number of aromatic nitrogens is 1. The summed E-state index contributed by atoms with van der Waals surface area (Å²) in [5.41, 5.74) is 1.23. The Bertz CT molecular complexity index is 376. The number of alkyl halides is 3. The van der Waals surface area contributed by atoms with E-state index in [2.05, 4.69) is 22.4 Å². The number of carbonyl (C=O) groups is 1. The number of carboxylic acids is 1. The molecule has 100 valence electrons. The molecule has 1 aliphatic rings. The van der Waals surface area contributed by atoms with E-state index in [0.717, 1.165) is 13.1 Å². The third-order valence-electron chi connectivity index (χ3n) is 2.41. The van der Waals surface area contributed by atoms with Crippen LogP contribution in [-0.2, 0) is 4.79 Å². The van der Waals surface area contributed by atoms with Gasteiger partial charge >= 0.3 is 12.1 Å². The van der Waals surface area contributed by atoms with Crippen LogP contribution in [0.5, 0.6) is 0 Å². The van der Waals surface area contributed by atoms with Gasteiger partial charge in [0.1, 0.15) is 0 Å². The van der Waals surface area contributed by atoms with Gasteiger partial charge in [-0.2, -0.15) is 13.2 Å². The van der Waals surface area contributed by atoms with E-state index in [0.29, 0.717) is 5.92 Å². The zero-order valence-corrected chi connectivity index (χ0v) is 9.44. The Labute approximate surface area is 102 Å². The highest BCUT2D eigenvalue weighted by atomic mass is 19.4. The summed E-state index contributed by atoms with van der Waals surface area (Å²) in [6.07, 6.45) is -1.98. The Kier molecular flexibility index (Phi) is 5.08. The first-order chi connectivity index (χ1) is 8.41. The predicted molar refractivity (Wildman–Crippen MR) is 58.2 cm³/mol. The average Bonchev–Trinajstić information content (AvgIpc) is 2.83. The minimum Gasteiger partial charge on any atom is -0.475 e. The van der Waals surface area contributed by atoms with Crippen molar-refractivity contribution in [1.29, 1.82) is 0 Å². The molecule has 1 aliphatic heterocycles. The highest BCUT2D eigenvalue weighted by Gasteiger charge is 2.38. The Morgan fingerprint density at radius 1 is 1.44 bits per heavy atom. The van der Waals surface area contributed by atoms with Crippen LogP contribution in [0.3, 0.4) is 0 Å². The molecule has 0 aromatic carbocycles. The number of halogens is 3. The van der Waals surface area contributed by atoms with E-state index < -0.39 is 12.1 Å². The van der Waals surface area contributed by atoms with Crippen LogP contribution in [0.1, 0.15) is 18.0 Å². The molecule has 1 unspecified atom stereocenters.